The van der Waals surface area contributed by atoms with Crippen molar-refractivity contribution in [1.29, 1.82) is 5.26 Å². The van der Waals surface area contributed by atoms with Gasteiger partial charge in [0.25, 0.3) is 0 Å². The zero-order valence-electron chi connectivity index (χ0n) is 17.3. The fourth-order valence-electron chi connectivity index (χ4n) is 2.31. The topological polar surface area (TPSA) is 91.3 Å². The first-order chi connectivity index (χ1) is 12.8. The number of carbonyl (C=O) groups excluding carboxylic acids is 1. The Morgan fingerprint density at radius 1 is 1.11 bits per heavy atom. The number of amidine groups is 1. The smallest absolute Gasteiger partial charge is 0.217 e. The van der Waals surface area contributed by atoms with Crippen molar-refractivity contribution in [2.75, 3.05) is 11.5 Å². The number of hydrogen-bond donors (Lipinski definition) is 2. The average Bonchev–Trinajstić information content (AvgIpc) is 2.57. The zero-order valence-corrected chi connectivity index (χ0v) is 18.2. The second-order valence-electron chi connectivity index (χ2n) is 6.89. The second kappa shape index (κ2) is 15.1. The number of allylic oxidation sites excluding steroid dienone is 5. The molecule has 0 spiro atoms. The van der Waals surface area contributed by atoms with Gasteiger partial charge in [0.05, 0.1) is 6.04 Å². The van der Waals surface area contributed by atoms with Gasteiger partial charge < -0.3 is 11.1 Å². The third kappa shape index (κ3) is 14.8. The zero-order chi connectivity index (χ0) is 20.7. The molecule has 0 aliphatic carbocycles. The molecule has 5 nitrogen and oxygen atoms in total. The molecule has 1 amide bonds. The molecule has 0 bridgehead atoms. The minimum absolute atomic E-state index is 0.148. The van der Waals surface area contributed by atoms with Gasteiger partial charge in [-0.1, -0.05) is 34.9 Å². The van der Waals surface area contributed by atoms with Crippen molar-refractivity contribution < 1.29 is 4.79 Å². The Bertz CT molecular complexity index is 623. The molecule has 0 aliphatic heterocycles. The highest BCUT2D eigenvalue weighted by Crippen LogP contribution is 2.13. The standard InChI is InChI=1S/C21H34N4OS/c1-16(2)8-6-9-17(3)10-7-11-18(4)12-13-27-14-20(25-19(5)26)21(23)24-15-22/h8,10,12,20H,6-7,9,11,13-14H2,1-5H3,(H2,23,24)(H,25,26). The molecule has 0 fully saturated rings. The van der Waals surface area contributed by atoms with Crippen molar-refractivity contribution >= 4 is 23.5 Å². The number of aliphatic imine (C=N–C) groups is 1. The fourth-order valence-corrected chi connectivity index (χ4v) is 3.34. The van der Waals surface area contributed by atoms with Crippen LogP contribution in [0.2, 0.25) is 0 Å². The summed E-state index contributed by atoms with van der Waals surface area (Å²) < 4.78 is 0. The number of nitrogens with zero attached hydrogens (tertiary/aromatic N) is 2. The number of nitrogens with two attached hydrogens (primary N) is 1. The van der Waals surface area contributed by atoms with E-state index in [1.54, 1.807) is 18.0 Å². The number of thioether (sulfide) groups is 1. The van der Waals surface area contributed by atoms with Gasteiger partial charge in [-0.05, 0) is 53.4 Å². The first-order valence-corrected chi connectivity index (χ1v) is 10.4. The lowest BCUT2D eigenvalue weighted by molar-refractivity contribution is -0.119. The van der Waals surface area contributed by atoms with E-state index >= 15 is 0 Å². The lowest BCUT2D eigenvalue weighted by atomic mass is 10.1. The van der Waals surface area contributed by atoms with Crippen LogP contribution >= 0.6 is 11.8 Å². The molecule has 0 aromatic rings. The van der Waals surface area contributed by atoms with Crippen LogP contribution in [0.4, 0.5) is 0 Å². The Morgan fingerprint density at radius 2 is 1.70 bits per heavy atom. The van der Waals surface area contributed by atoms with Gasteiger partial charge in [0.15, 0.2) is 0 Å². The van der Waals surface area contributed by atoms with Crippen molar-refractivity contribution in [1.82, 2.24) is 5.32 Å². The highest BCUT2D eigenvalue weighted by molar-refractivity contribution is 7.99. The summed E-state index contributed by atoms with van der Waals surface area (Å²) in [5.74, 6) is 1.39. The van der Waals surface area contributed by atoms with Gasteiger partial charge in [-0.3, -0.25) is 4.79 Å². The molecule has 1 atom stereocenters. The van der Waals surface area contributed by atoms with E-state index < -0.39 is 6.04 Å². The van der Waals surface area contributed by atoms with E-state index in [1.807, 2.05) is 0 Å². The van der Waals surface area contributed by atoms with Crippen molar-refractivity contribution in [3.05, 3.63) is 34.9 Å². The van der Waals surface area contributed by atoms with Crippen LogP contribution in [0.1, 0.15) is 60.3 Å². The van der Waals surface area contributed by atoms with E-state index in [9.17, 15) is 4.79 Å². The van der Waals surface area contributed by atoms with Gasteiger partial charge in [0.1, 0.15) is 5.84 Å². The number of nitrogens with one attached hydrogen (secondary N) is 1. The number of carbonyl (C=O) groups is 1. The third-order valence-electron chi connectivity index (χ3n) is 3.87. The maximum atomic E-state index is 11.2. The number of nitriles is 1. The van der Waals surface area contributed by atoms with Gasteiger partial charge in [-0.15, -0.1) is 0 Å². The Morgan fingerprint density at radius 3 is 2.26 bits per heavy atom. The SMILES string of the molecule is CC(=O)NC(CSCC=C(C)CCC=C(C)CCC=C(C)C)C(N)=NC#N. The largest absolute Gasteiger partial charge is 0.385 e. The predicted molar refractivity (Wildman–Crippen MR) is 118 cm³/mol. The molecular weight excluding hydrogens is 356 g/mol. The van der Waals surface area contributed by atoms with Gasteiger partial charge >= 0.3 is 0 Å². The van der Waals surface area contributed by atoms with E-state index in [0.29, 0.717) is 5.75 Å². The average molecular weight is 391 g/mol. The summed E-state index contributed by atoms with van der Waals surface area (Å²) >= 11 is 1.66. The molecule has 0 rings (SSSR count). The van der Waals surface area contributed by atoms with Gasteiger partial charge in [0.2, 0.25) is 12.1 Å². The van der Waals surface area contributed by atoms with Crippen molar-refractivity contribution in [2.45, 2.75) is 66.3 Å². The molecule has 0 aromatic carbocycles. The van der Waals surface area contributed by atoms with Gasteiger partial charge in [0, 0.05) is 18.4 Å². The maximum absolute atomic E-state index is 11.2. The summed E-state index contributed by atoms with van der Waals surface area (Å²) in [6.07, 6.45) is 12.8. The normalized spacial score (nSPS) is 13.7. The molecule has 27 heavy (non-hydrogen) atoms. The molecule has 1 unspecified atom stereocenters. The summed E-state index contributed by atoms with van der Waals surface area (Å²) in [5, 5.41) is 11.3. The maximum Gasteiger partial charge on any atom is 0.217 e. The predicted octanol–water partition coefficient (Wildman–Crippen LogP) is 4.48. The molecule has 0 saturated carbocycles. The minimum Gasteiger partial charge on any atom is -0.385 e. The molecule has 0 aliphatic rings. The summed E-state index contributed by atoms with van der Waals surface area (Å²) in [4.78, 5) is 14.8. The molecular formula is C21H34N4OS. The quantitative estimate of drug-likeness (QED) is 0.169. The van der Waals surface area contributed by atoms with E-state index in [2.05, 4.69) is 56.2 Å². The third-order valence-corrected chi connectivity index (χ3v) is 4.84. The summed E-state index contributed by atoms with van der Waals surface area (Å²) in [5.41, 5.74) is 9.91. The number of amides is 1. The first-order valence-electron chi connectivity index (χ1n) is 9.27. The Labute approximate surface area is 168 Å². The monoisotopic (exact) mass is 390 g/mol. The van der Waals surface area contributed by atoms with Crippen LogP contribution in [0, 0.1) is 11.5 Å². The number of hydrogen-bond acceptors (Lipinski definition) is 4. The van der Waals surface area contributed by atoms with Crippen molar-refractivity contribution in [2.24, 2.45) is 10.7 Å². The molecule has 150 valence electrons. The van der Waals surface area contributed by atoms with Crippen molar-refractivity contribution in [3.63, 3.8) is 0 Å². The molecule has 0 heterocycles. The number of rotatable bonds is 12. The van der Waals surface area contributed by atoms with Crippen molar-refractivity contribution in [3.8, 4) is 6.19 Å². The Balaban J connectivity index is 4.26. The highest BCUT2D eigenvalue weighted by atomic mass is 32.2. The lowest BCUT2D eigenvalue weighted by Crippen LogP contribution is -2.45. The summed E-state index contributed by atoms with van der Waals surface area (Å²) in [6.45, 7) is 10.0. The molecule has 0 aromatic heterocycles. The summed E-state index contributed by atoms with van der Waals surface area (Å²) in [7, 11) is 0. The van der Waals surface area contributed by atoms with Crippen LogP contribution in [0.15, 0.2) is 39.9 Å². The fraction of sp³-hybridized carbons (Fsp3) is 0.571. The van der Waals surface area contributed by atoms with Crippen LogP contribution < -0.4 is 11.1 Å². The van der Waals surface area contributed by atoms with E-state index in [4.69, 9.17) is 11.0 Å². The Hall–Kier alpha value is -2.00. The minimum atomic E-state index is -0.410. The Kier molecular flexibility index (Phi) is 14.0. The summed E-state index contributed by atoms with van der Waals surface area (Å²) in [6, 6.07) is -0.410. The van der Waals surface area contributed by atoms with Crippen LogP contribution in [-0.4, -0.2) is 29.3 Å². The molecule has 6 heteroatoms. The van der Waals surface area contributed by atoms with Crippen LogP contribution in [0.5, 0.6) is 0 Å². The first kappa shape index (κ1) is 25.0. The molecule has 3 N–H and O–H groups in total. The molecule has 0 radical (unpaired) electrons. The van der Waals surface area contributed by atoms with Crippen LogP contribution in [0.3, 0.4) is 0 Å². The molecule has 0 saturated heterocycles. The van der Waals surface area contributed by atoms with Crippen LogP contribution in [-0.2, 0) is 4.79 Å². The van der Waals surface area contributed by atoms with Crippen LogP contribution in [0.25, 0.3) is 0 Å². The second-order valence-corrected chi connectivity index (χ2v) is 7.96. The van der Waals surface area contributed by atoms with Gasteiger partial charge in [-0.25, -0.2) is 0 Å². The van der Waals surface area contributed by atoms with Gasteiger partial charge in [-0.2, -0.15) is 22.0 Å². The van der Waals surface area contributed by atoms with E-state index in [0.717, 1.165) is 31.4 Å². The lowest BCUT2D eigenvalue weighted by Gasteiger charge is -2.15. The van der Waals surface area contributed by atoms with E-state index in [1.165, 1.54) is 23.6 Å². The van der Waals surface area contributed by atoms with E-state index in [-0.39, 0.29) is 11.7 Å². The highest BCUT2D eigenvalue weighted by Gasteiger charge is 2.14.